The van der Waals surface area contributed by atoms with Crippen LogP contribution in [-0.4, -0.2) is 48.8 Å². The van der Waals surface area contributed by atoms with E-state index in [0.29, 0.717) is 24.5 Å². The van der Waals surface area contributed by atoms with Crippen molar-refractivity contribution < 1.29 is 14.6 Å². The summed E-state index contributed by atoms with van der Waals surface area (Å²) in [5, 5.41) is 12.7. The second-order valence-corrected chi connectivity index (χ2v) is 4.96. The Balaban J connectivity index is 2.12. The van der Waals surface area contributed by atoms with Gasteiger partial charge in [0.2, 0.25) is 5.91 Å². The Hall–Kier alpha value is -1.59. The molecule has 1 fully saturated rings. The molecule has 2 rings (SSSR count). The third-order valence-electron chi connectivity index (χ3n) is 3.59. The van der Waals surface area contributed by atoms with E-state index in [2.05, 4.69) is 5.32 Å². The fraction of sp³-hybridized carbons (Fsp3) is 0.500. The predicted molar refractivity (Wildman–Crippen MR) is 73.4 cm³/mol. The summed E-state index contributed by atoms with van der Waals surface area (Å²) in [6.45, 7) is 5.43. The number of likely N-dealkylation sites (N-methyl/N-ethyl adjacent to an activating group) is 1. The van der Waals surface area contributed by atoms with Gasteiger partial charge < -0.3 is 15.2 Å². The summed E-state index contributed by atoms with van der Waals surface area (Å²) in [4.78, 5) is 14.2. The second kappa shape index (κ2) is 5.59. The minimum Gasteiger partial charge on any atom is -0.507 e. The molecule has 5 heteroatoms. The molecule has 1 heterocycles. The van der Waals surface area contributed by atoms with E-state index in [4.69, 9.17) is 4.74 Å². The number of benzene rings is 1. The molecule has 1 atom stereocenters. The molecular weight excluding hydrogens is 244 g/mol. The van der Waals surface area contributed by atoms with Gasteiger partial charge in [-0.05, 0) is 32.5 Å². The highest BCUT2D eigenvalue weighted by Crippen LogP contribution is 2.28. The van der Waals surface area contributed by atoms with Crippen molar-refractivity contribution in [3.8, 4) is 5.75 Å². The van der Waals surface area contributed by atoms with Crippen LogP contribution in [0.5, 0.6) is 5.75 Å². The highest BCUT2D eigenvalue weighted by molar-refractivity contribution is 5.96. The van der Waals surface area contributed by atoms with Crippen molar-refractivity contribution in [3.05, 3.63) is 23.3 Å². The Labute approximate surface area is 113 Å². The summed E-state index contributed by atoms with van der Waals surface area (Å²) in [6.07, 6.45) is 0. The van der Waals surface area contributed by atoms with Crippen molar-refractivity contribution in [1.29, 1.82) is 0 Å². The molecule has 1 aromatic rings. The Morgan fingerprint density at radius 3 is 2.89 bits per heavy atom. The van der Waals surface area contributed by atoms with Crippen molar-refractivity contribution in [2.24, 2.45) is 0 Å². The fourth-order valence-electron chi connectivity index (χ4n) is 2.15. The number of anilines is 1. The topological polar surface area (TPSA) is 61.8 Å². The monoisotopic (exact) mass is 264 g/mol. The molecule has 1 amide bonds. The fourth-order valence-corrected chi connectivity index (χ4v) is 2.15. The maximum atomic E-state index is 12.2. The van der Waals surface area contributed by atoms with Gasteiger partial charge in [0.15, 0.2) is 0 Å². The molecule has 5 nitrogen and oxygen atoms in total. The minimum absolute atomic E-state index is 0.103. The Morgan fingerprint density at radius 1 is 1.47 bits per heavy atom. The molecule has 1 aliphatic heterocycles. The van der Waals surface area contributed by atoms with E-state index in [0.717, 1.165) is 12.1 Å². The number of nitrogens with one attached hydrogen (secondary N) is 1. The van der Waals surface area contributed by atoms with Crippen LogP contribution in [0.4, 0.5) is 5.69 Å². The van der Waals surface area contributed by atoms with E-state index in [9.17, 15) is 9.90 Å². The summed E-state index contributed by atoms with van der Waals surface area (Å²) in [5.41, 5.74) is 2.13. The van der Waals surface area contributed by atoms with Gasteiger partial charge in [0.05, 0.1) is 13.2 Å². The first-order chi connectivity index (χ1) is 9.00. The highest BCUT2D eigenvalue weighted by atomic mass is 16.5. The lowest BCUT2D eigenvalue weighted by molar-refractivity contribution is -0.126. The van der Waals surface area contributed by atoms with Crippen molar-refractivity contribution >= 4 is 11.6 Å². The molecule has 104 valence electrons. The lowest BCUT2D eigenvalue weighted by Crippen LogP contribution is -2.49. The molecule has 19 heavy (non-hydrogen) atoms. The van der Waals surface area contributed by atoms with Gasteiger partial charge in [-0.1, -0.05) is 6.07 Å². The zero-order valence-corrected chi connectivity index (χ0v) is 11.6. The van der Waals surface area contributed by atoms with Crippen LogP contribution >= 0.6 is 0 Å². The number of aromatic hydroxyl groups is 1. The molecule has 0 aliphatic carbocycles. The number of amides is 1. The van der Waals surface area contributed by atoms with Crippen LogP contribution in [0, 0.1) is 13.8 Å². The molecule has 0 spiro atoms. The molecule has 0 aromatic heterocycles. The van der Waals surface area contributed by atoms with Gasteiger partial charge in [-0.2, -0.15) is 0 Å². The third-order valence-corrected chi connectivity index (χ3v) is 3.59. The minimum atomic E-state index is -0.281. The van der Waals surface area contributed by atoms with Gasteiger partial charge in [-0.3, -0.25) is 9.69 Å². The van der Waals surface area contributed by atoms with Crippen LogP contribution in [0.25, 0.3) is 0 Å². The highest BCUT2D eigenvalue weighted by Gasteiger charge is 2.27. The maximum absolute atomic E-state index is 12.2. The van der Waals surface area contributed by atoms with E-state index in [1.54, 1.807) is 13.0 Å². The number of morpholine rings is 1. The largest absolute Gasteiger partial charge is 0.507 e. The number of rotatable bonds is 2. The Bertz CT molecular complexity index is 488. The van der Waals surface area contributed by atoms with Crippen LogP contribution in [0.3, 0.4) is 0 Å². The van der Waals surface area contributed by atoms with Crippen LogP contribution in [0.1, 0.15) is 11.1 Å². The molecule has 0 radical (unpaired) electrons. The molecule has 1 aromatic carbocycles. The number of hydrogen-bond donors (Lipinski definition) is 2. The number of carbonyl (C=O) groups is 1. The first-order valence-corrected chi connectivity index (χ1v) is 6.38. The Kier molecular flexibility index (Phi) is 4.07. The van der Waals surface area contributed by atoms with Crippen molar-refractivity contribution in [3.63, 3.8) is 0 Å². The smallest absolute Gasteiger partial charge is 0.244 e. The Morgan fingerprint density at radius 2 is 2.21 bits per heavy atom. The second-order valence-electron chi connectivity index (χ2n) is 4.96. The lowest BCUT2D eigenvalue weighted by Gasteiger charge is -2.31. The van der Waals surface area contributed by atoms with Crippen LogP contribution in [-0.2, 0) is 9.53 Å². The third kappa shape index (κ3) is 2.88. The number of hydrogen-bond acceptors (Lipinski definition) is 4. The van der Waals surface area contributed by atoms with Crippen LogP contribution < -0.4 is 5.32 Å². The summed E-state index contributed by atoms with van der Waals surface area (Å²) >= 11 is 0. The number of aryl methyl sites for hydroxylation is 1. The number of phenolic OH excluding ortho intramolecular Hbond substituents is 1. The van der Waals surface area contributed by atoms with E-state index in [1.165, 1.54) is 0 Å². The molecule has 1 aliphatic rings. The molecule has 2 N–H and O–H groups in total. The summed E-state index contributed by atoms with van der Waals surface area (Å²) in [6, 6.07) is 3.32. The molecule has 0 unspecified atom stereocenters. The SMILES string of the molecule is Cc1ccc(NC(=O)[C@@H]2COCCN2C)c(C)c1O. The van der Waals surface area contributed by atoms with Crippen LogP contribution in [0.15, 0.2) is 12.1 Å². The quantitative estimate of drug-likeness (QED) is 0.844. The van der Waals surface area contributed by atoms with Crippen molar-refractivity contribution in [1.82, 2.24) is 4.90 Å². The molecular formula is C14H20N2O3. The number of nitrogens with zero attached hydrogens (tertiary/aromatic N) is 1. The predicted octanol–water partition coefficient (Wildman–Crippen LogP) is 1.28. The summed E-state index contributed by atoms with van der Waals surface area (Å²) in [5.74, 6) is 0.125. The van der Waals surface area contributed by atoms with Gasteiger partial charge in [0.25, 0.3) is 0 Å². The van der Waals surface area contributed by atoms with E-state index >= 15 is 0 Å². The summed E-state index contributed by atoms with van der Waals surface area (Å²) < 4.78 is 5.33. The standard InChI is InChI=1S/C14H20N2O3/c1-9-4-5-11(10(2)13(9)17)15-14(18)12-8-19-7-6-16(12)3/h4-5,12,17H,6-8H2,1-3H3,(H,15,18)/t12-/m0/s1. The van der Waals surface area contributed by atoms with Crippen LogP contribution in [0.2, 0.25) is 0 Å². The maximum Gasteiger partial charge on any atom is 0.244 e. The first kappa shape index (κ1) is 13.8. The molecule has 0 saturated carbocycles. The van der Waals surface area contributed by atoms with E-state index < -0.39 is 0 Å². The average Bonchev–Trinajstić information content (AvgIpc) is 2.40. The number of carbonyl (C=O) groups excluding carboxylic acids is 1. The number of phenols is 1. The first-order valence-electron chi connectivity index (χ1n) is 6.38. The van der Waals surface area contributed by atoms with Gasteiger partial charge in [0.1, 0.15) is 11.8 Å². The van der Waals surface area contributed by atoms with E-state index in [-0.39, 0.29) is 17.7 Å². The van der Waals surface area contributed by atoms with Gasteiger partial charge >= 0.3 is 0 Å². The molecule has 1 saturated heterocycles. The lowest BCUT2D eigenvalue weighted by atomic mass is 10.1. The van der Waals surface area contributed by atoms with Gasteiger partial charge in [-0.15, -0.1) is 0 Å². The van der Waals surface area contributed by atoms with Gasteiger partial charge in [-0.25, -0.2) is 0 Å². The summed E-state index contributed by atoms with van der Waals surface area (Å²) in [7, 11) is 1.91. The zero-order valence-electron chi connectivity index (χ0n) is 11.6. The van der Waals surface area contributed by atoms with E-state index in [1.807, 2.05) is 24.9 Å². The normalized spacial score (nSPS) is 20.3. The van der Waals surface area contributed by atoms with Crippen molar-refractivity contribution in [2.45, 2.75) is 19.9 Å². The number of ether oxygens (including phenoxy) is 1. The van der Waals surface area contributed by atoms with Crippen molar-refractivity contribution in [2.75, 3.05) is 32.1 Å². The molecule has 0 bridgehead atoms. The average molecular weight is 264 g/mol. The van der Waals surface area contributed by atoms with Gasteiger partial charge in [0, 0.05) is 17.8 Å². The zero-order chi connectivity index (χ0) is 14.0.